The molecule has 3 fully saturated rings. The molecule has 10 nitrogen and oxygen atoms in total. The molecule has 5 unspecified atom stereocenters. The van der Waals surface area contributed by atoms with Gasteiger partial charge in [-0.05, 0) is 106 Å². The molecule has 3 aliphatic heterocycles. The van der Waals surface area contributed by atoms with E-state index in [0.717, 1.165) is 48.9 Å². The molecular formula is C52H58F6N4O6. The lowest BCUT2D eigenvalue weighted by molar-refractivity contribution is -0.275. The predicted molar refractivity (Wildman–Crippen MR) is 245 cm³/mol. The van der Waals surface area contributed by atoms with Crippen molar-refractivity contribution in [2.24, 2.45) is 0 Å². The quantitative estimate of drug-likeness (QED) is 0.106. The maximum absolute atomic E-state index is 13.0. The zero-order valence-electron chi connectivity index (χ0n) is 38.3. The number of amides is 1. The van der Waals surface area contributed by atoms with Crippen LogP contribution in [0.15, 0.2) is 127 Å². The molecule has 1 amide bonds. The maximum atomic E-state index is 13.0. The lowest BCUT2D eigenvalue weighted by atomic mass is 9.77. The highest BCUT2D eigenvalue weighted by atomic mass is 19.4. The van der Waals surface area contributed by atoms with Gasteiger partial charge < -0.3 is 44.1 Å². The van der Waals surface area contributed by atoms with Crippen molar-refractivity contribution in [2.75, 3.05) is 47.4 Å². The number of likely N-dealkylation sites (tertiary alicyclic amines) is 1. The second-order valence-corrected chi connectivity index (χ2v) is 17.5. The van der Waals surface area contributed by atoms with Crippen LogP contribution in [-0.4, -0.2) is 87.5 Å². The van der Waals surface area contributed by atoms with Crippen LogP contribution >= 0.6 is 0 Å². The van der Waals surface area contributed by atoms with E-state index in [0.29, 0.717) is 55.4 Å². The number of rotatable bonds is 14. The largest absolute Gasteiger partial charge is 0.573 e. The third-order valence-electron chi connectivity index (χ3n) is 12.4. The van der Waals surface area contributed by atoms with Crippen LogP contribution in [0.2, 0.25) is 0 Å². The number of carbonyl (C=O) groups excluding carboxylic acids is 1. The molecule has 3 aliphatic rings. The molecule has 5 atom stereocenters. The number of piperidine rings is 2. The summed E-state index contributed by atoms with van der Waals surface area (Å²) in [6, 6.07) is 37.8. The van der Waals surface area contributed by atoms with Crippen molar-refractivity contribution < 1.29 is 54.8 Å². The highest BCUT2D eigenvalue weighted by molar-refractivity contribution is 5.79. The number of ether oxygens (including phenoxy) is 5. The van der Waals surface area contributed by atoms with Crippen LogP contribution in [0.4, 0.5) is 26.3 Å². The van der Waals surface area contributed by atoms with Gasteiger partial charge in [0.1, 0.15) is 29.6 Å². The minimum atomic E-state index is -4.77. The molecule has 5 aromatic rings. The fourth-order valence-electron chi connectivity index (χ4n) is 9.56. The summed E-state index contributed by atoms with van der Waals surface area (Å²) >= 11 is 0. The average Bonchev–Trinajstić information content (AvgIpc) is 3.73. The molecule has 0 aromatic heterocycles. The van der Waals surface area contributed by atoms with E-state index in [1.54, 1.807) is 6.07 Å². The first-order valence-corrected chi connectivity index (χ1v) is 22.7. The summed E-state index contributed by atoms with van der Waals surface area (Å²) in [7, 11) is 5.19. The molecular weight excluding hydrogens is 891 g/mol. The van der Waals surface area contributed by atoms with Gasteiger partial charge in [-0.25, -0.2) is 0 Å². The van der Waals surface area contributed by atoms with Crippen molar-refractivity contribution in [3.63, 3.8) is 0 Å². The Kier molecular flexibility index (Phi) is 16.6. The summed E-state index contributed by atoms with van der Waals surface area (Å²) in [6.07, 6.45) is -5.34. The van der Waals surface area contributed by atoms with Crippen LogP contribution < -0.4 is 29.6 Å². The molecule has 68 heavy (non-hydrogen) atoms. The Hall–Kier alpha value is -5.81. The van der Waals surface area contributed by atoms with Gasteiger partial charge >= 0.3 is 12.7 Å². The molecule has 3 saturated heterocycles. The lowest BCUT2D eigenvalue weighted by Gasteiger charge is -2.42. The minimum absolute atomic E-state index is 0.0192. The number of hydrogen-bond donors (Lipinski definition) is 2. The molecule has 8 rings (SSSR count). The van der Waals surface area contributed by atoms with Gasteiger partial charge in [0.25, 0.3) is 0 Å². The smallest absolute Gasteiger partial charge is 0.496 e. The molecule has 2 N–H and O–H groups in total. The number of likely N-dealkylation sites (N-methyl/N-ethyl adjacent to an activating group) is 1. The number of methoxy groups -OCH3 is 1. The summed E-state index contributed by atoms with van der Waals surface area (Å²) in [5, 5.41) is 7.08. The minimum Gasteiger partial charge on any atom is -0.496 e. The Morgan fingerprint density at radius 2 is 1.43 bits per heavy atom. The van der Waals surface area contributed by atoms with Gasteiger partial charge in [-0.1, -0.05) is 91.0 Å². The molecule has 5 aromatic carbocycles. The first kappa shape index (κ1) is 50.1. The number of benzene rings is 5. The molecule has 16 heteroatoms. The normalized spacial score (nSPS) is 21.8. The van der Waals surface area contributed by atoms with E-state index in [4.69, 9.17) is 14.2 Å². The monoisotopic (exact) mass is 948 g/mol. The Bertz CT molecular complexity index is 2380. The topological polar surface area (TPSA) is 93.8 Å². The van der Waals surface area contributed by atoms with Crippen molar-refractivity contribution >= 4 is 5.91 Å². The van der Waals surface area contributed by atoms with Crippen LogP contribution in [0, 0.1) is 0 Å². The highest BCUT2D eigenvalue weighted by Crippen LogP contribution is 2.50. The van der Waals surface area contributed by atoms with E-state index in [2.05, 4.69) is 32.2 Å². The molecule has 1 spiro atoms. The van der Waals surface area contributed by atoms with Gasteiger partial charge in [0, 0.05) is 36.2 Å². The number of carbonyl (C=O) groups is 1. The summed E-state index contributed by atoms with van der Waals surface area (Å²) in [6.45, 7) is 2.85. The Labute approximate surface area is 393 Å². The zero-order chi connectivity index (χ0) is 48.3. The van der Waals surface area contributed by atoms with E-state index >= 15 is 0 Å². The predicted octanol–water partition coefficient (Wildman–Crippen LogP) is 10.5. The van der Waals surface area contributed by atoms with Gasteiger partial charge in [-0.3, -0.25) is 4.79 Å². The van der Waals surface area contributed by atoms with E-state index in [-0.39, 0.29) is 48.0 Å². The van der Waals surface area contributed by atoms with Crippen molar-refractivity contribution in [3.8, 4) is 23.0 Å². The molecule has 0 aliphatic carbocycles. The van der Waals surface area contributed by atoms with Gasteiger partial charge in [0.05, 0.1) is 37.9 Å². The third kappa shape index (κ3) is 13.5. The van der Waals surface area contributed by atoms with E-state index in [1.807, 2.05) is 103 Å². The standard InChI is InChI=1S/C28H28F3NO3.C24H30F3N3O3/c29-28(30,31)35-23-12-13-25(33-18-20-8-3-1-4-9-20)24(16-23)22-17-27(34-19-22)14-7-15-32-26(27)21-10-5-2-6-11-21;1-29(2)16-22(31)30-13-7-10-20(23(30)17-8-5-4-6-9-17)28-15-18-14-19(33-24(25,26)27)11-12-21(18)32-3/h1-6,8-13,16,22,26,32H,7,14-15,17-19H2;4-6,8-9,11-12,14,20,23,28H,7,10,13,15-16H2,1-3H3. The number of hydrogen-bond acceptors (Lipinski definition) is 9. The van der Waals surface area contributed by atoms with Crippen molar-refractivity contribution in [2.45, 2.75) is 87.6 Å². The first-order valence-electron chi connectivity index (χ1n) is 22.7. The van der Waals surface area contributed by atoms with Crippen molar-refractivity contribution in [1.82, 2.24) is 20.4 Å². The first-order chi connectivity index (χ1) is 32.6. The van der Waals surface area contributed by atoms with E-state index in [1.165, 1.54) is 37.4 Å². The van der Waals surface area contributed by atoms with Gasteiger partial charge in [-0.15, -0.1) is 26.3 Å². The number of nitrogens with one attached hydrogen (secondary N) is 2. The SMILES string of the molecule is COc1ccc(OC(F)(F)F)cc1CNC1CCCN(C(=O)CN(C)C)C1c1ccccc1.FC(F)(F)Oc1ccc(OCc2ccccc2)c(C2COC3(CCCNC3c3ccccc3)C2)c1. The Morgan fingerprint density at radius 1 is 0.809 bits per heavy atom. The highest BCUT2D eigenvalue weighted by Gasteiger charge is 2.49. The molecule has 0 radical (unpaired) electrons. The third-order valence-corrected chi connectivity index (χ3v) is 12.4. The molecule has 0 bridgehead atoms. The number of alkyl halides is 6. The summed E-state index contributed by atoms with van der Waals surface area (Å²) < 4.78 is 103. The summed E-state index contributed by atoms with van der Waals surface area (Å²) in [4.78, 5) is 16.7. The summed E-state index contributed by atoms with van der Waals surface area (Å²) in [5.74, 6) is 0.383. The second-order valence-electron chi connectivity index (χ2n) is 17.5. The van der Waals surface area contributed by atoms with Crippen LogP contribution in [0.5, 0.6) is 23.0 Å². The van der Waals surface area contributed by atoms with Crippen LogP contribution in [-0.2, 0) is 22.7 Å². The molecule has 3 heterocycles. The summed E-state index contributed by atoms with van der Waals surface area (Å²) in [5.41, 5.74) is 3.95. The van der Waals surface area contributed by atoms with Crippen LogP contribution in [0.1, 0.15) is 77.9 Å². The molecule has 0 saturated carbocycles. The Balaban J connectivity index is 0.000000202. The van der Waals surface area contributed by atoms with Gasteiger partial charge in [-0.2, -0.15) is 0 Å². The Morgan fingerprint density at radius 3 is 2.06 bits per heavy atom. The maximum Gasteiger partial charge on any atom is 0.573 e. The zero-order valence-corrected chi connectivity index (χ0v) is 38.3. The van der Waals surface area contributed by atoms with Crippen LogP contribution in [0.25, 0.3) is 0 Å². The van der Waals surface area contributed by atoms with Crippen molar-refractivity contribution in [3.05, 3.63) is 155 Å². The van der Waals surface area contributed by atoms with Crippen molar-refractivity contribution in [1.29, 1.82) is 0 Å². The van der Waals surface area contributed by atoms with Gasteiger partial charge in [0.15, 0.2) is 0 Å². The van der Waals surface area contributed by atoms with Crippen LogP contribution in [0.3, 0.4) is 0 Å². The number of halogens is 6. The molecule has 364 valence electrons. The fraction of sp³-hybridized carbons (Fsp3) is 0.404. The second kappa shape index (κ2) is 22.5. The lowest BCUT2D eigenvalue weighted by Crippen LogP contribution is -2.52. The van der Waals surface area contributed by atoms with E-state index < -0.39 is 18.3 Å². The fourth-order valence-corrected chi connectivity index (χ4v) is 9.56. The number of nitrogens with zero attached hydrogens (tertiary/aromatic N) is 2. The van der Waals surface area contributed by atoms with E-state index in [9.17, 15) is 31.1 Å². The average molecular weight is 949 g/mol. The van der Waals surface area contributed by atoms with Gasteiger partial charge in [0.2, 0.25) is 5.91 Å².